The molecule has 1 amide bonds. The highest BCUT2D eigenvalue weighted by Crippen LogP contribution is 2.41. The fourth-order valence-corrected chi connectivity index (χ4v) is 4.55. The van der Waals surface area contributed by atoms with Gasteiger partial charge in [0.1, 0.15) is 5.52 Å². The number of hydrogen-bond donors (Lipinski definition) is 0. The van der Waals surface area contributed by atoms with Crippen LogP contribution in [0.25, 0.3) is 16.6 Å². The van der Waals surface area contributed by atoms with Crippen LogP contribution in [0.5, 0.6) is 5.75 Å². The van der Waals surface area contributed by atoms with Gasteiger partial charge >= 0.3 is 5.69 Å². The Labute approximate surface area is 185 Å². The van der Waals surface area contributed by atoms with Crippen molar-refractivity contribution in [2.24, 2.45) is 12.0 Å². The number of rotatable bonds is 5. The SMILES string of the molecule is COc1c(C2=CN(C)C(=O)C3N=CC=C23)ccc2c1n(CCc1ccccc1)c(=O)n2C. The number of benzene rings is 2. The summed E-state index contributed by atoms with van der Waals surface area (Å²) in [4.78, 5) is 31.5. The zero-order chi connectivity index (χ0) is 22.4. The van der Waals surface area contributed by atoms with Gasteiger partial charge in [-0.3, -0.25) is 18.9 Å². The largest absolute Gasteiger partial charge is 0.494 e. The van der Waals surface area contributed by atoms with Crippen molar-refractivity contribution in [3.05, 3.63) is 81.9 Å². The first kappa shape index (κ1) is 20.1. The van der Waals surface area contributed by atoms with Crippen molar-refractivity contribution in [2.45, 2.75) is 19.0 Å². The Kier molecular flexibility index (Phi) is 4.81. The molecule has 0 bridgehead atoms. The van der Waals surface area contributed by atoms with Crippen LogP contribution in [0.1, 0.15) is 11.1 Å². The van der Waals surface area contributed by atoms with Gasteiger partial charge in [-0.2, -0.15) is 0 Å². The molecule has 3 aromatic rings. The molecule has 5 rings (SSSR count). The van der Waals surface area contributed by atoms with Crippen molar-refractivity contribution in [3.63, 3.8) is 0 Å². The number of carbonyl (C=O) groups is 1. The van der Waals surface area contributed by atoms with E-state index in [2.05, 4.69) is 17.1 Å². The minimum Gasteiger partial charge on any atom is -0.494 e. The number of imidazole rings is 1. The van der Waals surface area contributed by atoms with E-state index in [1.807, 2.05) is 42.6 Å². The Morgan fingerprint density at radius 3 is 2.59 bits per heavy atom. The number of amides is 1. The van der Waals surface area contributed by atoms with Crippen LogP contribution in [0.15, 0.2) is 70.1 Å². The summed E-state index contributed by atoms with van der Waals surface area (Å²) < 4.78 is 9.33. The molecule has 1 atom stereocenters. The Bertz CT molecular complexity index is 1380. The molecule has 2 aliphatic heterocycles. The molecule has 2 aromatic carbocycles. The van der Waals surface area contributed by atoms with Crippen molar-refractivity contribution in [3.8, 4) is 5.75 Å². The molecule has 1 aromatic heterocycles. The lowest BCUT2D eigenvalue weighted by Crippen LogP contribution is -2.36. The number of aryl methyl sites for hydroxylation is 3. The van der Waals surface area contributed by atoms with Gasteiger partial charge in [-0.25, -0.2) is 4.79 Å². The van der Waals surface area contributed by atoms with E-state index in [-0.39, 0.29) is 11.6 Å². The van der Waals surface area contributed by atoms with Crippen LogP contribution < -0.4 is 10.4 Å². The molecule has 162 valence electrons. The average molecular weight is 428 g/mol. The Hall–Kier alpha value is -3.87. The number of aliphatic imine (C=N–C) groups is 1. The van der Waals surface area contributed by atoms with E-state index in [0.29, 0.717) is 12.3 Å². The number of aromatic nitrogens is 2. The molecule has 3 heterocycles. The van der Waals surface area contributed by atoms with Crippen molar-refractivity contribution >= 4 is 28.7 Å². The normalized spacial score (nSPS) is 17.5. The standard InChI is InChI=1S/C25H24N4O3/c1-27-15-19(17-11-13-26-21(17)24(27)30)18-9-10-20-22(23(18)32-3)29(25(31)28(20)2)14-12-16-7-5-4-6-8-16/h4-11,13,15,21H,12,14H2,1-3H3. The molecule has 0 spiro atoms. The van der Waals surface area contributed by atoms with Gasteiger partial charge in [0, 0.05) is 44.2 Å². The lowest BCUT2D eigenvalue weighted by atomic mass is 9.90. The molecule has 0 aliphatic carbocycles. The minimum absolute atomic E-state index is 0.0618. The molecule has 0 radical (unpaired) electrons. The molecule has 2 aliphatic rings. The molecule has 0 N–H and O–H groups in total. The van der Waals surface area contributed by atoms with Gasteiger partial charge in [0.05, 0.1) is 12.6 Å². The molecule has 7 nitrogen and oxygen atoms in total. The highest BCUT2D eigenvalue weighted by Gasteiger charge is 2.35. The van der Waals surface area contributed by atoms with E-state index in [9.17, 15) is 9.59 Å². The van der Waals surface area contributed by atoms with Crippen LogP contribution in [0.3, 0.4) is 0 Å². The molecule has 0 fully saturated rings. The number of ether oxygens (including phenoxy) is 1. The molecular weight excluding hydrogens is 404 g/mol. The third-order valence-electron chi connectivity index (χ3n) is 6.22. The first-order valence-corrected chi connectivity index (χ1v) is 10.5. The van der Waals surface area contributed by atoms with Gasteiger partial charge < -0.3 is 9.64 Å². The Morgan fingerprint density at radius 2 is 1.84 bits per heavy atom. The van der Waals surface area contributed by atoms with Crippen LogP contribution in [0, 0.1) is 0 Å². The number of methoxy groups -OCH3 is 1. The maximum Gasteiger partial charge on any atom is 0.328 e. The predicted octanol–water partition coefficient (Wildman–Crippen LogP) is 2.78. The molecule has 0 saturated heterocycles. The van der Waals surface area contributed by atoms with E-state index >= 15 is 0 Å². The Morgan fingerprint density at radius 1 is 1.06 bits per heavy atom. The van der Waals surface area contributed by atoms with Crippen LogP contribution in [-0.2, 0) is 24.8 Å². The van der Waals surface area contributed by atoms with Crippen LogP contribution >= 0.6 is 0 Å². The third kappa shape index (κ3) is 3.00. The van der Waals surface area contributed by atoms with Crippen molar-refractivity contribution in [2.75, 3.05) is 14.2 Å². The Balaban J connectivity index is 1.67. The lowest BCUT2D eigenvalue weighted by Gasteiger charge is -2.27. The molecule has 0 saturated carbocycles. The summed E-state index contributed by atoms with van der Waals surface area (Å²) in [5.41, 5.74) is 5.19. The first-order chi connectivity index (χ1) is 15.5. The van der Waals surface area contributed by atoms with Crippen LogP contribution in [0.4, 0.5) is 0 Å². The van der Waals surface area contributed by atoms with E-state index in [4.69, 9.17) is 4.74 Å². The fraction of sp³-hybridized carbons (Fsp3) is 0.240. The summed E-state index contributed by atoms with van der Waals surface area (Å²) in [5.74, 6) is 0.557. The first-order valence-electron chi connectivity index (χ1n) is 10.5. The molecule has 7 heteroatoms. The third-order valence-corrected chi connectivity index (χ3v) is 6.22. The smallest absolute Gasteiger partial charge is 0.328 e. The monoisotopic (exact) mass is 428 g/mol. The summed E-state index contributed by atoms with van der Waals surface area (Å²) in [6.45, 7) is 0.534. The van der Waals surface area contributed by atoms with E-state index < -0.39 is 6.04 Å². The van der Waals surface area contributed by atoms with Gasteiger partial charge in [-0.05, 0) is 35.8 Å². The fourth-order valence-electron chi connectivity index (χ4n) is 4.55. The summed E-state index contributed by atoms with van der Waals surface area (Å²) >= 11 is 0. The topological polar surface area (TPSA) is 68.8 Å². The summed E-state index contributed by atoms with van der Waals surface area (Å²) in [5, 5.41) is 0. The molecular formula is C25H24N4O3. The lowest BCUT2D eigenvalue weighted by molar-refractivity contribution is -0.128. The van der Waals surface area contributed by atoms with Gasteiger partial charge in [0.25, 0.3) is 5.91 Å². The van der Waals surface area contributed by atoms with Crippen molar-refractivity contribution < 1.29 is 9.53 Å². The van der Waals surface area contributed by atoms with E-state index in [0.717, 1.165) is 39.7 Å². The summed E-state index contributed by atoms with van der Waals surface area (Å²) in [6, 6.07) is 13.5. The van der Waals surface area contributed by atoms with Crippen LogP contribution in [-0.4, -0.2) is 46.4 Å². The number of carbonyl (C=O) groups excluding carboxylic acids is 1. The number of fused-ring (bicyclic) bond motifs is 2. The second-order valence-electron chi connectivity index (χ2n) is 8.06. The zero-order valence-corrected chi connectivity index (χ0v) is 18.3. The minimum atomic E-state index is -0.531. The zero-order valence-electron chi connectivity index (χ0n) is 18.3. The highest BCUT2D eigenvalue weighted by atomic mass is 16.5. The molecule has 1 unspecified atom stereocenters. The quantitative estimate of drug-likeness (QED) is 0.628. The van der Waals surface area contributed by atoms with E-state index in [1.54, 1.807) is 41.5 Å². The van der Waals surface area contributed by atoms with Crippen LogP contribution in [0.2, 0.25) is 0 Å². The average Bonchev–Trinajstić information content (AvgIpc) is 3.39. The van der Waals surface area contributed by atoms with Gasteiger partial charge in [0.2, 0.25) is 0 Å². The summed E-state index contributed by atoms with van der Waals surface area (Å²) in [6.07, 6.45) is 6.10. The summed E-state index contributed by atoms with van der Waals surface area (Å²) in [7, 11) is 5.13. The number of hydrogen-bond acceptors (Lipinski definition) is 4. The van der Waals surface area contributed by atoms with Crippen molar-refractivity contribution in [1.29, 1.82) is 0 Å². The predicted molar refractivity (Wildman–Crippen MR) is 125 cm³/mol. The van der Waals surface area contributed by atoms with Gasteiger partial charge in [0.15, 0.2) is 11.8 Å². The number of nitrogens with zero attached hydrogens (tertiary/aromatic N) is 4. The van der Waals surface area contributed by atoms with Crippen molar-refractivity contribution in [1.82, 2.24) is 14.0 Å². The number of allylic oxidation sites excluding steroid dienone is 1. The van der Waals surface area contributed by atoms with Gasteiger partial charge in [-0.15, -0.1) is 0 Å². The number of likely N-dealkylation sites (N-methyl/N-ethyl adjacent to an activating group) is 1. The van der Waals surface area contributed by atoms with Gasteiger partial charge in [-0.1, -0.05) is 30.3 Å². The highest BCUT2D eigenvalue weighted by molar-refractivity contribution is 6.05. The maximum atomic E-state index is 13.1. The second kappa shape index (κ2) is 7.67. The van der Waals surface area contributed by atoms with E-state index in [1.165, 1.54) is 0 Å². The molecule has 32 heavy (non-hydrogen) atoms. The second-order valence-corrected chi connectivity index (χ2v) is 8.06. The maximum absolute atomic E-state index is 13.1.